The molecule has 3 amide bonds. The molecule has 3 N–H and O–H groups in total. The van der Waals surface area contributed by atoms with Crippen LogP contribution in [0, 0.1) is 0 Å². The molecule has 28 heavy (non-hydrogen) atoms. The van der Waals surface area contributed by atoms with Gasteiger partial charge in [0.1, 0.15) is 5.54 Å². The van der Waals surface area contributed by atoms with Gasteiger partial charge in [0.25, 0.3) is 5.91 Å². The van der Waals surface area contributed by atoms with E-state index in [1.807, 2.05) is 38.1 Å². The number of hydrogen-bond donors (Lipinski definition) is 3. The van der Waals surface area contributed by atoms with Gasteiger partial charge in [0.2, 0.25) is 0 Å². The van der Waals surface area contributed by atoms with Gasteiger partial charge in [-0.15, -0.1) is 0 Å². The third-order valence-electron chi connectivity index (χ3n) is 4.85. The summed E-state index contributed by atoms with van der Waals surface area (Å²) in [7, 11) is 0. The molecule has 1 aliphatic rings. The molecule has 1 aromatic carbocycles. The molecule has 1 unspecified atom stereocenters. The van der Waals surface area contributed by atoms with Gasteiger partial charge in [-0.25, -0.2) is 4.79 Å². The standard InChI is InChI=1S/C20H30ClN5O2/c1-4-20(3)17(27)26(19(28)25-20)14-8-12-23-18(22-5-2)24-13-11-15-9-6-7-10-16(15)21/h6-7,9-10H,4-5,8,11-14H2,1-3H3,(H,25,28)(H2,22,23,24). The topological polar surface area (TPSA) is 85.8 Å². The van der Waals surface area contributed by atoms with Crippen LogP contribution in [0.15, 0.2) is 29.3 Å². The minimum Gasteiger partial charge on any atom is -0.357 e. The predicted molar refractivity (Wildman–Crippen MR) is 113 cm³/mol. The van der Waals surface area contributed by atoms with Crippen LogP contribution in [0.3, 0.4) is 0 Å². The van der Waals surface area contributed by atoms with Crippen LogP contribution in [0.2, 0.25) is 5.02 Å². The number of rotatable bonds is 9. The molecule has 154 valence electrons. The van der Waals surface area contributed by atoms with Gasteiger partial charge in [-0.3, -0.25) is 14.7 Å². The molecule has 0 aromatic heterocycles. The SMILES string of the molecule is CCNC(=NCCCN1C(=O)NC(C)(CC)C1=O)NCCc1ccccc1Cl. The fourth-order valence-corrected chi connectivity index (χ4v) is 3.20. The fraction of sp³-hybridized carbons (Fsp3) is 0.550. The van der Waals surface area contributed by atoms with Gasteiger partial charge in [-0.2, -0.15) is 0 Å². The summed E-state index contributed by atoms with van der Waals surface area (Å²) in [5.41, 5.74) is 0.306. The molecule has 0 spiro atoms. The summed E-state index contributed by atoms with van der Waals surface area (Å²) in [6, 6.07) is 7.47. The molecule has 0 saturated carbocycles. The Morgan fingerprint density at radius 2 is 2.00 bits per heavy atom. The Morgan fingerprint density at radius 1 is 1.25 bits per heavy atom. The molecule has 7 nitrogen and oxygen atoms in total. The minimum absolute atomic E-state index is 0.159. The Kier molecular flexibility index (Phi) is 8.11. The van der Waals surface area contributed by atoms with Crippen molar-refractivity contribution in [3.8, 4) is 0 Å². The van der Waals surface area contributed by atoms with Crippen LogP contribution >= 0.6 is 11.6 Å². The number of guanidine groups is 1. The highest BCUT2D eigenvalue weighted by Gasteiger charge is 2.45. The van der Waals surface area contributed by atoms with E-state index >= 15 is 0 Å². The van der Waals surface area contributed by atoms with Crippen molar-refractivity contribution in [1.82, 2.24) is 20.9 Å². The molecule has 0 radical (unpaired) electrons. The van der Waals surface area contributed by atoms with E-state index in [2.05, 4.69) is 20.9 Å². The normalized spacial score (nSPS) is 19.7. The van der Waals surface area contributed by atoms with Crippen LogP contribution in [0.5, 0.6) is 0 Å². The third kappa shape index (κ3) is 5.61. The van der Waals surface area contributed by atoms with Crippen molar-refractivity contribution < 1.29 is 9.59 Å². The Hall–Kier alpha value is -2.28. The Balaban J connectivity index is 1.80. The number of halogens is 1. The molecule has 1 fully saturated rings. The first-order chi connectivity index (χ1) is 13.4. The van der Waals surface area contributed by atoms with Crippen LogP contribution in [-0.4, -0.2) is 54.5 Å². The van der Waals surface area contributed by atoms with Gasteiger partial charge in [0.05, 0.1) is 0 Å². The molecule has 1 saturated heterocycles. The molecule has 1 heterocycles. The van der Waals surface area contributed by atoms with Crippen molar-refractivity contribution in [1.29, 1.82) is 0 Å². The lowest BCUT2D eigenvalue weighted by molar-refractivity contribution is -0.130. The van der Waals surface area contributed by atoms with Crippen molar-refractivity contribution in [3.05, 3.63) is 34.9 Å². The van der Waals surface area contributed by atoms with Crippen molar-refractivity contribution in [3.63, 3.8) is 0 Å². The summed E-state index contributed by atoms with van der Waals surface area (Å²) >= 11 is 6.18. The quantitative estimate of drug-likeness (QED) is 0.254. The van der Waals surface area contributed by atoms with E-state index in [1.165, 1.54) is 4.90 Å². The van der Waals surface area contributed by atoms with Crippen LogP contribution < -0.4 is 16.0 Å². The van der Waals surface area contributed by atoms with E-state index in [4.69, 9.17) is 11.6 Å². The first kappa shape index (κ1) is 22.0. The number of aliphatic imine (C=N–C) groups is 1. The summed E-state index contributed by atoms with van der Waals surface area (Å²) in [4.78, 5) is 30.2. The first-order valence-corrected chi connectivity index (χ1v) is 10.2. The first-order valence-electron chi connectivity index (χ1n) is 9.81. The molecule has 1 aliphatic heterocycles. The highest BCUT2D eigenvalue weighted by atomic mass is 35.5. The molecule has 0 aliphatic carbocycles. The molecule has 2 rings (SSSR count). The largest absolute Gasteiger partial charge is 0.357 e. The average Bonchev–Trinajstić information content (AvgIpc) is 2.89. The molecule has 0 bridgehead atoms. The molecular weight excluding hydrogens is 378 g/mol. The molecule has 1 aromatic rings. The van der Waals surface area contributed by atoms with Gasteiger partial charge in [0, 0.05) is 31.2 Å². The van der Waals surface area contributed by atoms with Gasteiger partial charge >= 0.3 is 6.03 Å². The maximum Gasteiger partial charge on any atom is 0.325 e. The minimum atomic E-state index is -0.782. The third-order valence-corrected chi connectivity index (χ3v) is 5.22. The second kappa shape index (κ2) is 10.3. The lowest BCUT2D eigenvalue weighted by Gasteiger charge is -2.19. The average molecular weight is 408 g/mol. The number of imide groups is 1. The van der Waals surface area contributed by atoms with Gasteiger partial charge in [0.15, 0.2) is 5.96 Å². The lowest BCUT2D eigenvalue weighted by atomic mass is 9.99. The Bertz CT molecular complexity index is 724. The second-order valence-corrected chi connectivity index (χ2v) is 7.36. The summed E-state index contributed by atoms with van der Waals surface area (Å²) in [6.45, 7) is 7.99. The summed E-state index contributed by atoms with van der Waals surface area (Å²) in [5.74, 6) is 0.555. The zero-order valence-electron chi connectivity index (χ0n) is 16.8. The second-order valence-electron chi connectivity index (χ2n) is 6.96. The highest BCUT2D eigenvalue weighted by Crippen LogP contribution is 2.20. The van der Waals surface area contributed by atoms with Crippen molar-refractivity contribution in [2.45, 2.75) is 45.6 Å². The molecule has 8 heteroatoms. The Labute approximate surface area is 171 Å². The monoisotopic (exact) mass is 407 g/mol. The van der Waals surface area contributed by atoms with E-state index in [9.17, 15) is 9.59 Å². The number of urea groups is 1. The van der Waals surface area contributed by atoms with Crippen LogP contribution in [0.1, 0.15) is 39.2 Å². The summed E-state index contributed by atoms with van der Waals surface area (Å²) < 4.78 is 0. The van der Waals surface area contributed by atoms with Gasteiger partial charge in [-0.05, 0) is 44.7 Å². The summed E-state index contributed by atoms with van der Waals surface area (Å²) in [6.07, 6.45) is 1.98. The number of benzene rings is 1. The van der Waals surface area contributed by atoms with E-state index in [1.54, 1.807) is 6.92 Å². The maximum atomic E-state index is 12.4. The molecular formula is C20H30ClN5O2. The number of carbonyl (C=O) groups is 2. The number of hydrogen-bond acceptors (Lipinski definition) is 3. The van der Waals surface area contributed by atoms with Gasteiger partial charge < -0.3 is 16.0 Å². The van der Waals surface area contributed by atoms with Crippen molar-refractivity contribution in [2.75, 3.05) is 26.2 Å². The number of nitrogens with zero attached hydrogens (tertiary/aromatic N) is 2. The number of nitrogens with one attached hydrogen (secondary N) is 3. The zero-order chi connectivity index (χ0) is 20.6. The van der Waals surface area contributed by atoms with E-state index in [0.29, 0.717) is 38.4 Å². The fourth-order valence-electron chi connectivity index (χ4n) is 2.97. The summed E-state index contributed by atoms with van der Waals surface area (Å²) in [5, 5.41) is 10.0. The van der Waals surface area contributed by atoms with Crippen LogP contribution in [0.25, 0.3) is 0 Å². The van der Waals surface area contributed by atoms with Crippen LogP contribution in [-0.2, 0) is 11.2 Å². The Morgan fingerprint density at radius 3 is 2.64 bits per heavy atom. The number of carbonyl (C=O) groups excluding carboxylic acids is 2. The highest BCUT2D eigenvalue weighted by molar-refractivity contribution is 6.31. The molecule has 1 atom stereocenters. The maximum absolute atomic E-state index is 12.4. The van der Waals surface area contributed by atoms with Crippen molar-refractivity contribution >= 4 is 29.5 Å². The van der Waals surface area contributed by atoms with Crippen LogP contribution in [0.4, 0.5) is 4.79 Å². The smallest absolute Gasteiger partial charge is 0.325 e. The predicted octanol–water partition coefficient (Wildman–Crippen LogP) is 2.55. The van der Waals surface area contributed by atoms with E-state index in [0.717, 1.165) is 23.6 Å². The zero-order valence-corrected chi connectivity index (χ0v) is 17.6. The lowest BCUT2D eigenvalue weighted by Crippen LogP contribution is -2.43. The van der Waals surface area contributed by atoms with E-state index < -0.39 is 5.54 Å². The number of amides is 3. The van der Waals surface area contributed by atoms with E-state index in [-0.39, 0.29) is 11.9 Å². The van der Waals surface area contributed by atoms with Gasteiger partial charge in [-0.1, -0.05) is 36.7 Å². The van der Waals surface area contributed by atoms with Crippen molar-refractivity contribution in [2.24, 2.45) is 4.99 Å².